The van der Waals surface area contributed by atoms with E-state index in [1.807, 2.05) is 20.8 Å². The van der Waals surface area contributed by atoms with Crippen LogP contribution in [0.1, 0.15) is 56.6 Å². The molecule has 1 atom stereocenters. The second kappa shape index (κ2) is 8.53. The molecule has 26 heavy (non-hydrogen) atoms. The molecule has 1 aliphatic heterocycles. The average Bonchev–Trinajstić information content (AvgIpc) is 2.92. The molecule has 1 aromatic heterocycles. The molecule has 0 saturated carbocycles. The predicted octanol–water partition coefficient (Wildman–Crippen LogP) is 2.09. The van der Waals surface area contributed by atoms with Gasteiger partial charge >= 0.3 is 12.1 Å². The minimum atomic E-state index is -0.498. The van der Waals surface area contributed by atoms with E-state index in [1.54, 1.807) is 25.1 Å². The Hall–Kier alpha value is -2.09. The lowest BCUT2D eigenvalue weighted by Gasteiger charge is -2.34. The third-order valence-corrected chi connectivity index (χ3v) is 4.14. The molecule has 0 aromatic carbocycles. The molecular formula is C18H30N4O4. The molecule has 2 heterocycles. The number of aromatic nitrogens is 2. The summed E-state index contributed by atoms with van der Waals surface area (Å²) in [4.78, 5) is 26.1. The van der Waals surface area contributed by atoms with Crippen LogP contribution in [0.5, 0.6) is 0 Å². The van der Waals surface area contributed by atoms with Gasteiger partial charge in [-0.15, -0.1) is 0 Å². The highest BCUT2D eigenvalue weighted by molar-refractivity contribution is 5.89. The van der Waals surface area contributed by atoms with Crippen LogP contribution in [0.25, 0.3) is 0 Å². The molecule has 1 fully saturated rings. The molecule has 1 saturated heterocycles. The van der Waals surface area contributed by atoms with Gasteiger partial charge in [-0.25, -0.2) is 9.59 Å². The molecule has 1 aromatic rings. The summed E-state index contributed by atoms with van der Waals surface area (Å²) in [7, 11) is 1.72. The highest BCUT2D eigenvalue weighted by Gasteiger charge is 2.28. The molecule has 8 heteroatoms. The number of nitrogens with zero attached hydrogens (tertiary/aromatic N) is 3. The van der Waals surface area contributed by atoms with E-state index >= 15 is 0 Å². The van der Waals surface area contributed by atoms with Crippen LogP contribution in [0.15, 0.2) is 6.20 Å². The number of hydrogen-bond donors (Lipinski definition) is 1. The molecule has 0 unspecified atom stereocenters. The van der Waals surface area contributed by atoms with Crippen molar-refractivity contribution in [2.24, 2.45) is 7.05 Å². The summed E-state index contributed by atoms with van der Waals surface area (Å²) in [5.74, 6) is -0.372. The number of hydrogen-bond acceptors (Lipinski definition) is 6. The van der Waals surface area contributed by atoms with E-state index in [-0.39, 0.29) is 18.1 Å². The van der Waals surface area contributed by atoms with Gasteiger partial charge in [-0.05, 0) is 40.5 Å². The monoisotopic (exact) mass is 366 g/mol. The van der Waals surface area contributed by atoms with Crippen LogP contribution in [0, 0.1) is 0 Å². The van der Waals surface area contributed by atoms with Gasteiger partial charge in [0.25, 0.3) is 0 Å². The minimum Gasteiger partial charge on any atom is -0.461 e. The standard InChI is InChI=1S/C18H30N4O4/c1-6-25-16(23)15-13(11-20-21(15)5)10-19-14-8-7-9-22(12-14)17(24)26-18(2,3)4/h11,14,19H,6-10,12H2,1-5H3/t14-/m0/s1. The molecule has 146 valence electrons. The lowest BCUT2D eigenvalue weighted by atomic mass is 10.1. The molecule has 1 N–H and O–H groups in total. The summed E-state index contributed by atoms with van der Waals surface area (Å²) in [6.07, 6.45) is 3.27. The molecule has 0 spiro atoms. The second-order valence-electron chi connectivity index (χ2n) is 7.51. The Balaban J connectivity index is 1.94. The van der Waals surface area contributed by atoms with Crippen molar-refractivity contribution in [1.29, 1.82) is 0 Å². The number of nitrogens with one attached hydrogen (secondary N) is 1. The Bertz CT molecular complexity index is 636. The highest BCUT2D eigenvalue weighted by Crippen LogP contribution is 2.16. The molecule has 8 nitrogen and oxygen atoms in total. The Morgan fingerprint density at radius 3 is 2.77 bits per heavy atom. The Morgan fingerprint density at radius 1 is 1.38 bits per heavy atom. The van der Waals surface area contributed by atoms with Gasteiger partial charge in [0.05, 0.1) is 12.8 Å². The van der Waals surface area contributed by atoms with Crippen LogP contribution < -0.4 is 5.32 Å². The largest absolute Gasteiger partial charge is 0.461 e. The summed E-state index contributed by atoms with van der Waals surface area (Å²) in [5, 5.41) is 7.58. The number of likely N-dealkylation sites (tertiary alicyclic amines) is 1. The number of carbonyl (C=O) groups is 2. The van der Waals surface area contributed by atoms with E-state index in [2.05, 4.69) is 10.4 Å². The van der Waals surface area contributed by atoms with Gasteiger partial charge in [0.15, 0.2) is 5.69 Å². The van der Waals surface area contributed by atoms with Crippen molar-refractivity contribution in [1.82, 2.24) is 20.0 Å². The van der Waals surface area contributed by atoms with Crippen molar-refractivity contribution >= 4 is 12.1 Å². The molecule has 0 radical (unpaired) electrons. The van der Waals surface area contributed by atoms with E-state index in [1.165, 1.54) is 4.68 Å². The van der Waals surface area contributed by atoms with E-state index in [4.69, 9.17) is 9.47 Å². The van der Waals surface area contributed by atoms with Crippen molar-refractivity contribution in [3.8, 4) is 0 Å². The minimum absolute atomic E-state index is 0.145. The summed E-state index contributed by atoms with van der Waals surface area (Å²) in [6.45, 7) is 9.48. The molecule has 1 amide bonds. The van der Waals surface area contributed by atoms with Crippen molar-refractivity contribution in [3.63, 3.8) is 0 Å². The van der Waals surface area contributed by atoms with Gasteiger partial charge in [-0.3, -0.25) is 4.68 Å². The van der Waals surface area contributed by atoms with Crippen molar-refractivity contribution in [2.75, 3.05) is 19.7 Å². The van der Waals surface area contributed by atoms with Crippen LogP contribution in [0.2, 0.25) is 0 Å². The Morgan fingerprint density at radius 2 is 2.12 bits per heavy atom. The number of ether oxygens (including phenoxy) is 2. The predicted molar refractivity (Wildman–Crippen MR) is 96.8 cm³/mol. The first-order valence-electron chi connectivity index (χ1n) is 9.10. The van der Waals surface area contributed by atoms with Crippen molar-refractivity contribution in [3.05, 3.63) is 17.5 Å². The zero-order valence-corrected chi connectivity index (χ0v) is 16.4. The van der Waals surface area contributed by atoms with E-state index in [9.17, 15) is 9.59 Å². The average molecular weight is 366 g/mol. The third kappa shape index (κ3) is 5.45. The normalized spacial score (nSPS) is 17.9. The fourth-order valence-corrected chi connectivity index (χ4v) is 2.97. The van der Waals surface area contributed by atoms with Gasteiger partial charge < -0.3 is 19.7 Å². The number of aryl methyl sites for hydroxylation is 1. The van der Waals surface area contributed by atoms with Crippen LogP contribution in [-0.2, 0) is 23.1 Å². The van der Waals surface area contributed by atoms with Gasteiger partial charge in [-0.1, -0.05) is 0 Å². The van der Waals surface area contributed by atoms with Crippen LogP contribution in [0.4, 0.5) is 4.79 Å². The first-order valence-corrected chi connectivity index (χ1v) is 9.10. The smallest absolute Gasteiger partial charge is 0.410 e. The maximum atomic E-state index is 12.3. The fraction of sp³-hybridized carbons (Fsp3) is 0.722. The number of carbonyl (C=O) groups excluding carboxylic acids is 2. The topological polar surface area (TPSA) is 85.7 Å². The molecular weight excluding hydrogens is 336 g/mol. The molecule has 1 aliphatic rings. The number of piperidine rings is 1. The first kappa shape index (κ1) is 20.2. The zero-order valence-electron chi connectivity index (χ0n) is 16.4. The van der Waals surface area contributed by atoms with Crippen molar-refractivity contribution < 1.29 is 19.1 Å². The quantitative estimate of drug-likeness (QED) is 0.803. The maximum Gasteiger partial charge on any atom is 0.410 e. The van der Waals surface area contributed by atoms with Crippen LogP contribution in [-0.4, -0.2) is 58.1 Å². The van der Waals surface area contributed by atoms with Gasteiger partial charge in [0, 0.05) is 38.3 Å². The Labute approximate surface area is 154 Å². The first-order chi connectivity index (χ1) is 12.2. The van der Waals surface area contributed by atoms with Gasteiger partial charge in [0.1, 0.15) is 5.60 Å². The van der Waals surface area contributed by atoms with Gasteiger partial charge in [-0.2, -0.15) is 5.10 Å². The molecule has 0 bridgehead atoms. The Kier molecular flexibility index (Phi) is 6.63. The summed E-state index contributed by atoms with van der Waals surface area (Å²) >= 11 is 0. The fourth-order valence-electron chi connectivity index (χ4n) is 2.97. The number of esters is 1. The molecule has 2 rings (SSSR count). The van der Waals surface area contributed by atoms with E-state index in [0.717, 1.165) is 18.4 Å². The maximum absolute atomic E-state index is 12.3. The molecule has 0 aliphatic carbocycles. The van der Waals surface area contributed by atoms with E-state index in [0.29, 0.717) is 31.9 Å². The zero-order chi connectivity index (χ0) is 19.3. The number of amides is 1. The summed E-state index contributed by atoms with van der Waals surface area (Å²) < 4.78 is 12.1. The summed E-state index contributed by atoms with van der Waals surface area (Å²) in [5.41, 5.74) is 0.751. The second-order valence-corrected chi connectivity index (χ2v) is 7.51. The SMILES string of the molecule is CCOC(=O)c1c(CN[C@H]2CCCN(C(=O)OC(C)(C)C)C2)cnn1C. The van der Waals surface area contributed by atoms with Crippen LogP contribution in [0.3, 0.4) is 0 Å². The van der Waals surface area contributed by atoms with Crippen molar-refractivity contribution in [2.45, 2.75) is 58.7 Å². The van der Waals surface area contributed by atoms with E-state index < -0.39 is 5.60 Å². The van der Waals surface area contributed by atoms with Gasteiger partial charge in [0.2, 0.25) is 0 Å². The highest BCUT2D eigenvalue weighted by atomic mass is 16.6. The summed E-state index contributed by atoms with van der Waals surface area (Å²) in [6, 6.07) is 0.145. The number of rotatable bonds is 5. The lowest BCUT2D eigenvalue weighted by Crippen LogP contribution is -2.49. The van der Waals surface area contributed by atoms with Crippen LogP contribution >= 0.6 is 0 Å². The lowest BCUT2D eigenvalue weighted by molar-refractivity contribution is 0.0187. The third-order valence-electron chi connectivity index (χ3n) is 4.14.